The van der Waals surface area contributed by atoms with Crippen LogP contribution in [0, 0.1) is 6.92 Å². The normalized spacial score (nSPS) is 10.1. The third kappa shape index (κ3) is 2.17. The number of benzene rings is 1. The number of carbonyl (C=O) groups is 1. The summed E-state index contributed by atoms with van der Waals surface area (Å²) in [5.74, 6) is 0.901. The smallest absolute Gasteiger partial charge is 0.409 e. The lowest BCUT2D eigenvalue weighted by atomic mass is 10.2. The van der Waals surface area contributed by atoms with Crippen LogP contribution >= 0.6 is 0 Å². The predicted molar refractivity (Wildman–Crippen MR) is 56.1 cm³/mol. The highest BCUT2D eigenvalue weighted by Crippen LogP contribution is 2.20. The second kappa shape index (κ2) is 4.01. The van der Waals surface area contributed by atoms with Crippen LogP contribution in [0.2, 0.25) is 0 Å². The lowest BCUT2D eigenvalue weighted by molar-refractivity contribution is 0.210. The Morgan fingerprint density at radius 2 is 2.31 bits per heavy atom. The molecule has 0 fully saturated rings. The van der Waals surface area contributed by atoms with E-state index in [4.69, 9.17) is 9.63 Å². The van der Waals surface area contributed by atoms with Crippen LogP contribution in [0.1, 0.15) is 5.82 Å². The molecule has 6 heteroatoms. The van der Waals surface area contributed by atoms with E-state index in [0.29, 0.717) is 23.0 Å². The zero-order chi connectivity index (χ0) is 11.5. The Morgan fingerprint density at radius 3 is 2.94 bits per heavy atom. The Morgan fingerprint density at radius 1 is 1.50 bits per heavy atom. The first-order chi connectivity index (χ1) is 7.65. The van der Waals surface area contributed by atoms with Gasteiger partial charge in [-0.25, -0.2) is 4.79 Å². The van der Waals surface area contributed by atoms with Gasteiger partial charge < -0.3 is 9.63 Å². The summed E-state index contributed by atoms with van der Waals surface area (Å²) in [5, 5.41) is 14.5. The molecule has 1 aromatic heterocycles. The maximum absolute atomic E-state index is 10.5. The number of carboxylic acid groups (broad SMARTS) is 1. The third-order valence-electron chi connectivity index (χ3n) is 1.89. The highest BCUT2D eigenvalue weighted by molar-refractivity contribution is 5.83. The molecular formula is C10H9N3O3. The number of hydrogen-bond donors (Lipinski definition) is 2. The van der Waals surface area contributed by atoms with Crippen LogP contribution in [0.25, 0.3) is 11.5 Å². The van der Waals surface area contributed by atoms with Crippen LogP contribution in [0.5, 0.6) is 0 Å². The first kappa shape index (κ1) is 10.2. The number of aryl methyl sites for hydroxylation is 1. The van der Waals surface area contributed by atoms with Crippen molar-refractivity contribution >= 4 is 11.8 Å². The van der Waals surface area contributed by atoms with Crippen molar-refractivity contribution in [1.82, 2.24) is 10.1 Å². The Balaban J connectivity index is 2.32. The number of nitrogens with one attached hydrogen (secondary N) is 1. The summed E-state index contributed by atoms with van der Waals surface area (Å²) in [4.78, 5) is 14.5. The Bertz CT molecular complexity index is 522. The molecule has 0 atom stereocenters. The van der Waals surface area contributed by atoms with Crippen LogP contribution in [0.3, 0.4) is 0 Å². The molecule has 82 valence electrons. The van der Waals surface area contributed by atoms with Gasteiger partial charge in [-0.05, 0) is 25.1 Å². The molecule has 0 saturated heterocycles. The summed E-state index contributed by atoms with van der Waals surface area (Å²) in [6.45, 7) is 1.71. The van der Waals surface area contributed by atoms with Gasteiger partial charge in [0.2, 0.25) is 0 Å². The van der Waals surface area contributed by atoms with Gasteiger partial charge in [-0.2, -0.15) is 4.98 Å². The van der Waals surface area contributed by atoms with Crippen molar-refractivity contribution in [3.8, 4) is 11.5 Å². The maximum atomic E-state index is 10.5. The van der Waals surface area contributed by atoms with Crippen molar-refractivity contribution in [2.75, 3.05) is 5.32 Å². The van der Waals surface area contributed by atoms with E-state index in [0.717, 1.165) is 0 Å². The Hall–Kier alpha value is -2.37. The monoisotopic (exact) mass is 219 g/mol. The molecule has 0 spiro atoms. The van der Waals surface area contributed by atoms with E-state index in [1.54, 1.807) is 31.2 Å². The van der Waals surface area contributed by atoms with Gasteiger partial charge in [0.05, 0.1) is 0 Å². The van der Waals surface area contributed by atoms with Crippen molar-refractivity contribution in [3.05, 3.63) is 30.1 Å². The van der Waals surface area contributed by atoms with E-state index in [2.05, 4.69) is 15.5 Å². The van der Waals surface area contributed by atoms with Gasteiger partial charge in [0, 0.05) is 11.3 Å². The molecule has 1 amide bonds. The molecule has 0 aliphatic carbocycles. The fraction of sp³-hybridized carbons (Fsp3) is 0.100. The molecule has 2 aromatic rings. The van der Waals surface area contributed by atoms with Crippen molar-refractivity contribution < 1.29 is 14.4 Å². The number of hydrogen-bond acceptors (Lipinski definition) is 4. The minimum Gasteiger partial charge on any atom is -0.465 e. The number of nitrogens with zero attached hydrogens (tertiary/aromatic N) is 2. The average Bonchev–Trinajstić information content (AvgIpc) is 2.64. The van der Waals surface area contributed by atoms with Gasteiger partial charge in [-0.3, -0.25) is 5.32 Å². The summed E-state index contributed by atoms with van der Waals surface area (Å²) in [6, 6.07) is 6.74. The van der Waals surface area contributed by atoms with Crippen LogP contribution in [-0.4, -0.2) is 21.3 Å². The first-order valence-corrected chi connectivity index (χ1v) is 4.56. The van der Waals surface area contributed by atoms with Crippen molar-refractivity contribution in [3.63, 3.8) is 0 Å². The average molecular weight is 219 g/mol. The lowest BCUT2D eigenvalue weighted by Crippen LogP contribution is -2.06. The third-order valence-corrected chi connectivity index (χ3v) is 1.89. The Labute approximate surface area is 90.9 Å². The summed E-state index contributed by atoms with van der Waals surface area (Å²) >= 11 is 0. The van der Waals surface area contributed by atoms with E-state index in [9.17, 15) is 4.79 Å². The lowest BCUT2D eigenvalue weighted by Gasteiger charge is -2.01. The molecule has 0 saturated carbocycles. The van der Waals surface area contributed by atoms with E-state index >= 15 is 0 Å². The Kier molecular flexibility index (Phi) is 2.55. The highest BCUT2D eigenvalue weighted by Gasteiger charge is 2.07. The molecular weight excluding hydrogens is 210 g/mol. The SMILES string of the molecule is Cc1noc(-c2cccc(NC(=O)O)c2)n1. The molecule has 0 aliphatic heterocycles. The molecule has 0 bridgehead atoms. The second-order valence-electron chi connectivity index (χ2n) is 3.16. The second-order valence-corrected chi connectivity index (χ2v) is 3.16. The number of anilines is 1. The minimum absolute atomic E-state index is 0.367. The highest BCUT2D eigenvalue weighted by atomic mass is 16.5. The molecule has 0 aliphatic rings. The number of rotatable bonds is 2. The van der Waals surface area contributed by atoms with Crippen LogP contribution < -0.4 is 5.32 Å². The predicted octanol–water partition coefficient (Wildman–Crippen LogP) is 2.13. The van der Waals surface area contributed by atoms with E-state index in [1.165, 1.54) is 0 Å². The summed E-state index contributed by atoms with van der Waals surface area (Å²) < 4.78 is 4.97. The first-order valence-electron chi connectivity index (χ1n) is 4.56. The van der Waals surface area contributed by atoms with Crippen molar-refractivity contribution in [2.24, 2.45) is 0 Å². The molecule has 1 heterocycles. The molecule has 0 radical (unpaired) electrons. The largest absolute Gasteiger partial charge is 0.465 e. The van der Waals surface area contributed by atoms with E-state index in [-0.39, 0.29) is 0 Å². The molecule has 2 rings (SSSR count). The number of amides is 1. The van der Waals surface area contributed by atoms with E-state index < -0.39 is 6.09 Å². The van der Waals surface area contributed by atoms with E-state index in [1.807, 2.05) is 0 Å². The quantitative estimate of drug-likeness (QED) is 0.807. The van der Waals surface area contributed by atoms with Crippen molar-refractivity contribution in [1.29, 1.82) is 0 Å². The molecule has 16 heavy (non-hydrogen) atoms. The van der Waals surface area contributed by atoms with Crippen LogP contribution in [0.15, 0.2) is 28.8 Å². The van der Waals surface area contributed by atoms with Gasteiger partial charge in [0.1, 0.15) is 0 Å². The van der Waals surface area contributed by atoms with Gasteiger partial charge in [0.15, 0.2) is 5.82 Å². The van der Waals surface area contributed by atoms with Crippen molar-refractivity contribution in [2.45, 2.75) is 6.92 Å². The van der Waals surface area contributed by atoms with Gasteiger partial charge >= 0.3 is 6.09 Å². The fourth-order valence-electron chi connectivity index (χ4n) is 1.27. The van der Waals surface area contributed by atoms with Crippen LogP contribution in [-0.2, 0) is 0 Å². The topological polar surface area (TPSA) is 88.2 Å². The van der Waals surface area contributed by atoms with Gasteiger partial charge in [-0.1, -0.05) is 11.2 Å². The summed E-state index contributed by atoms with van der Waals surface area (Å²) in [5.41, 5.74) is 1.13. The molecule has 6 nitrogen and oxygen atoms in total. The van der Waals surface area contributed by atoms with Crippen LogP contribution in [0.4, 0.5) is 10.5 Å². The zero-order valence-corrected chi connectivity index (χ0v) is 8.47. The molecule has 0 unspecified atom stereocenters. The number of aromatic nitrogens is 2. The molecule has 1 aromatic carbocycles. The van der Waals surface area contributed by atoms with Gasteiger partial charge in [0.25, 0.3) is 5.89 Å². The maximum Gasteiger partial charge on any atom is 0.409 e. The standard InChI is InChI=1S/C10H9N3O3/c1-6-11-9(16-13-6)7-3-2-4-8(5-7)12-10(14)15/h2-5,12H,1H3,(H,14,15). The molecule has 2 N–H and O–H groups in total. The summed E-state index contributed by atoms with van der Waals surface area (Å²) in [6.07, 6.45) is -1.11. The van der Waals surface area contributed by atoms with Gasteiger partial charge in [-0.15, -0.1) is 0 Å². The summed E-state index contributed by atoms with van der Waals surface area (Å²) in [7, 11) is 0. The zero-order valence-electron chi connectivity index (χ0n) is 8.47. The minimum atomic E-state index is -1.11. The fourth-order valence-corrected chi connectivity index (χ4v) is 1.27.